The van der Waals surface area contributed by atoms with Crippen LogP contribution in [0.15, 0.2) is 60.7 Å². The Morgan fingerprint density at radius 2 is 1.66 bits per heavy atom. The Morgan fingerprint density at radius 3 is 2.26 bits per heavy atom. The van der Waals surface area contributed by atoms with Crippen molar-refractivity contribution in [3.05, 3.63) is 71.8 Å². The molecule has 2 aromatic carbocycles. The summed E-state index contributed by atoms with van der Waals surface area (Å²) in [7, 11) is 3.69. The Morgan fingerprint density at radius 1 is 1.03 bits per heavy atom. The highest BCUT2D eigenvalue weighted by molar-refractivity contribution is 5.86. The van der Waals surface area contributed by atoms with Crippen molar-refractivity contribution < 1.29 is 24.2 Å². The summed E-state index contributed by atoms with van der Waals surface area (Å²) in [4.78, 5) is 38.5. The lowest BCUT2D eigenvalue weighted by Gasteiger charge is -2.20. The molecule has 4 rings (SSSR count). The Labute approximate surface area is 205 Å². The highest BCUT2D eigenvalue weighted by Gasteiger charge is 2.31. The number of nitrogens with one attached hydrogen (secondary N) is 2. The van der Waals surface area contributed by atoms with Crippen LogP contribution in [0.5, 0.6) is 0 Å². The van der Waals surface area contributed by atoms with Gasteiger partial charge < -0.3 is 25.4 Å². The van der Waals surface area contributed by atoms with Gasteiger partial charge in [0.1, 0.15) is 12.6 Å². The zero-order valence-corrected chi connectivity index (χ0v) is 19.9. The van der Waals surface area contributed by atoms with Gasteiger partial charge in [0.2, 0.25) is 5.91 Å². The minimum Gasteiger partial charge on any atom is -0.480 e. The molecule has 35 heavy (non-hydrogen) atoms. The molecule has 3 atom stereocenters. The highest BCUT2D eigenvalue weighted by Crippen LogP contribution is 2.44. The number of carbonyl (C=O) groups excluding carboxylic acids is 2. The quantitative estimate of drug-likeness (QED) is 0.479. The van der Waals surface area contributed by atoms with E-state index in [2.05, 4.69) is 34.9 Å². The molecule has 2 aliphatic carbocycles. The maximum atomic E-state index is 12.6. The summed E-state index contributed by atoms with van der Waals surface area (Å²) in [5.41, 5.74) is 4.60. The van der Waals surface area contributed by atoms with Gasteiger partial charge in [0.15, 0.2) is 0 Å². The molecule has 0 fully saturated rings. The van der Waals surface area contributed by atoms with E-state index in [1.54, 1.807) is 12.2 Å². The molecule has 8 heteroatoms. The van der Waals surface area contributed by atoms with Crippen LogP contribution >= 0.6 is 0 Å². The van der Waals surface area contributed by atoms with Gasteiger partial charge >= 0.3 is 12.1 Å². The lowest BCUT2D eigenvalue weighted by Crippen LogP contribution is -2.45. The van der Waals surface area contributed by atoms with Gasteiger partial charge in [-0.2, -0.15) is 0 Å². The normalized spacial score (nSPS) is 19.2. The summed E-state index contributed by atoms with van der Waals surface area (Å²) >= 11 is 0. The van der Waals surface area contributed by atoms with Crippen molar-refractivity contribution in [2.24, 2.45) is 5.92 Å². The summed E-state index contributed by atoms with van der Waals surface area (Å²) in [5, 5.41) is 14.8. The predicted molar refractivity (Wildman–Crippen MR) is 132 cm³/mol. The first-order chi connectivity index (χ1) is 16.8. The highest BCUT2D eigenvalue weighted by atomic mass is 16.5. The van der Waals surface area contributed by atoms with E-state index >= 15 is 0 Å². The van der Waals surface area contributed by atoms with Crippen LogP contribution in [-0.4, -0.2) is 67.3 Å². The van der Waals surface area contributed by atoms with Crippen LogP contribution in [0, 0.1) is 5.92 Å². The topological polar surface area (TPSA) is 108 Å². The maximum absolute atomic E-state index is 12.6. The SMILES string of the molecule is CN(C)CCC(NC(=O)C1C=CC(NC(=O)OCC2c3ccccc3-c3ccccc32)C1)C(=O)O. The minimum atomic E-state index is -1.06. The average molecular weight is 478 g/mol. The number of carbonyl (C=O) groups is 3. The van der Waals surface area contributed by atoms with Crippen LogP contribution in [0.1, 0.15) is 29.9 Å². The molecule has 2 aromatic rings. The Hall–Kier alpha value is -3.65. The molecule has 0 saturated carbocycles. The van der Waals surface area contributed by atoms with Gasteiger partial charge in [0.25, 0.3) is 0 Å². The fraction of sp³-hybridized carbons (Fsp3) is 0.370. The smallest absolute Gasteiger partial charge is 0.407 e. The monoisotopic (exact) mass is 477 g/mol. The lowest BCUT2D eigenvalue weighted by molar-refractivity contribution is -0.142. The van der Waals surface area contributed by atoms with Gasteiger partial charge in [-0.25, -0.2) is 9.59 Å². The van der Waals surface area contributed by atoms with Crippen molar-refractivity contribution in [2.75, 3.05) is 27.2 Å². The molecular weight excluding hydrogens is 446 g/mol. The van der Waals surface area contributed by atoms with Crippen molar-refractivity contribution in [3.8, 4) is 11.1 Å². The fourth-order valence-corrected chi connectivity index (χ4v) is 4.72. The third kappa shape index (κ3) is 5.71. The van der Waals surface area contributed by atoms with E-state index in [-0.39, 0.29) is 24.5 Å². The maximum Gasteiger partial charge on any atom is 0.407 e. The van der Waals surface area contributed by atoms with Crippen LogP contribution < -0.4 is 10.6 Å². The first kappa shape index (κ1) is 24.5. The number of alkyl carbamates (subject to hydrolysis) is 1. The Balaban J connectivity index is 1.28. The van der Waals surface area contributed by atoms with E-state index in [9.17, 15) is 19.5 Å². The lowest BCUT2D eigenvalue weighted by atomic mass is 9.98. The Kier molecular flexibility index (Phi) is 7.51. The van der Waals surface area contributed by atoms with E-state index < -0.39 is 24.0 Å². The molecule has 0 aromatic heterocycles. The predicted octanol–water partition coefficient (Wildman–Crippen LogP) is 2.99. The number of carboxylic acid groups (broad SMARTS) is 1. The molecule has 184 valence electrons. The van der Waals surface area contributed by atoms with E-state index in [4.69, 9.17) is 4.74 Å². The molecule has 8 nitrogen and oxygen atoms in total. The van der Waals surface area contributed by atoms with E-state index in [0.29, 0.717) is 19.4 Å². The second-order valence-corrected chi connectivity index (χ2v) is 9.29. The summed E-state index contributed by atoms with van der Waals surface area (Å²) in [6, 6.07) is 15.0. The van der Waals surface area contributed by atoms with Crippen molar-refractivity contribution >= 4 is 18.0 Å². The number of nitrogens with zero attached hydrogens (tertiary/aromatic N) is 1. The van der Waals surface area contributed by atoms with E-state index in [0.717, 1.165) is 22.3 Å². The van der Waals surface area contributed by atoms with Crippen LogP contribution in [0.25, 0.3) is 11.1 Å². The number of rotatable bonds is 9. The number of aliphatic carboxylic acids is 1. The van der Waals surface area contributed by atoms with Crippen LogP contribution in [0.4, 0.5) is 4.79 Å². The summed E-state index contributed by atoms with van der Waals surface area (Å²) < 4.78 is 5.58. The first-order valence-corrected chi connectivity index (χ1v) is 11.8. The molecular formula is C27H31N3O5. The standard InChI is InChI=1S/C27H31N3O5/c1-30(2)14-13-24(26(32)33)29-25(31)17-11-12-18(15-17)28-27(34)35-16-23-21-9-5-3-7-19(21)20-8-4-6-10-22(20)23/h3-12,17-18,23-24H,13-16H2,1-2H3,(H,28,34)(H,29,31)(H,32,33). The summed E-state index contributed by atoms with van der Waals surface area (Å²) in [5.74, 6) is -1.95. The van der Waals surface area contributed by atoms with Crippen LogP contribution in [-0.2, 0) is 14.3 Å². The van der Waals surface area contributed by atoms with Gasteiger partial charge in [-0.15, -0.1) is 0 Å². The largest absolute Gasteiger partial charge is 0.480 e. The molecule has 0 heterocycles. The third-order valence-electron chi connectivity index (χ3n) is 6.55. The number of benzene rings is 2. The molecule has 0 spiro atoms. The summed E-state index contributed by atoms with van der Waals surface area (Å²) in [6.07, 6.45) is 3.58. The van der Waals surface area contributed by atoms with Gasteiger partial charge in [-0.05, 0) is 49.2 Å². The molecule has 0 bridgehead atoms. The third-order valence-corrected chi connectivity index (χ3v) is 6.55. The van der Waals surface area contributed by atoms with E-state index in [1.807, 2.05) is 43.3 Å². The van der Waals surface area contributed by atoms with Crippen LogP contribution in [0.2, 0.25) is 0 Å². The second-order valence-electron chi connectivity index (χ2n) is 9.29. The molecule has 2 aliphatic rings. The second kappa shape index (κ2) is 10.7. The number of fused-ring (bicyclic) bond motifs is 3. The van der Waals surface area contributed by atoms with Gasteiger partial charge in [-0.3, -0.25) is 4.79 Å². The number of carboxylic acids is 1. The number of hydrogen-bond acceptors (Lipinski definition) is 5. The average Bonchev–Trinajstić information content (AvgIpc) is 3.43. The zero-order valence-electron chi connectivity index (χ0n) is 19.9. The molecule has 0 saturated heterocycles. The van der Waals surface area contributed by atoms with Gasteiger partial charge in [-0.1, -0.05) is 60.7 Å². The zero-order chi connectivity index (χ0) is 24.9. The fourth-order valence-electron chi connectivity index (χ4n) is 4.72. The van der Waals surface area contributed by atoms with Gasteiger partial charge in [0.05, 0.1) is 12.0 Å². The Bertz CT molecular complexity index is 1080. The minimum absolute atomic E-state index is 0.0269. The molecule has 3 N–H and O–H groups in total. The molecule has 2 amide bonds. The van der Waals surface area contributed by atoms with Crippen LogP contribution in [0.3, 0.4) is 0 Å². The van der Waals surface area contributed by atoms with Crippen molar-refractivity contribution in [1.82, 2.24) is 15.5 Å². The van der Waals surface area contributed by atoms with Crippen molar-refractivity contribution in [2.45, 2.75) is 30.8 Å². The number of hydrogen-bond donors (Lipinski definition) is 3. The molecule has 3 unspecified atom stereocenters. The number of ether oxygens (including phenoxy) is 1. The molecule has 0 aliphatic heterocycles. The van der Waals surface area contributed by atoms with E-state index in [1.165, 1.54) is 0 Å². The van der Waals surface area contributed by atoms with Crippen molar-refractivity contribution in [3.63, 3.8) is 0 Å². The first-order valence-electron chi connectivity index (χ1n) is 11.8. The molecule has 0 radical (unpaired) electrons. The van der Waals surface area contributed by atoms with Gasteiger partial charge in [0, 0.05) is 12.5 Å². The summed E-state index contributed by atoms with van der Waals surface area (Å²) in [6.45, 7) is 0.760. The number of amides is 2. The van der Waals surface area contributed by atoms with Crippen molar-refractivity contribution in [1.29, 1.82) is 0 Å².